The molecule has 3 nitrogen and oxygen atoms in total. The highest BCUT2D eigenvalue weighted by Crippen LogP contribution is 2.56. The van der Waals surface area contributed by atoms with Crippen LogP contribution in [0.2, 0.25) is 0 Å². The molecule has 0 N–H and O–H groups in total. The number of rotatable bonds is 6. The quantitative estimate of drug-likeness (QED) is 0.170. The van der Waals surface area contributed by atoms with Crippen molar-refractivity contribution in [2.75, 3.05) is 0 Å². The van der Waals surface area contributed by atoms with E-state index in [4.69, 9.17) is 9.97 Å². The van der Waals surface area contributed by atoms with Crippen LogP contribution in [0.15, 0.2) is 190 Å². The van der Waals surface area contributed by atoms with Gasteiger partial charge in [0.1, 0.15) is 0 Å². The van der Waals surface area contributed by atoms with Crippen molar-refractivity contribution in [3.05, 3.63) is 182 Å². The molecule has 6 aromatic carbocycles. The van der Waals surface area contributed by atoms with Crippen LogP contribution >= 0.6 is 23.5 Å². The molecule has 0 bridgehead atoms. The molecule has 5 heteroatoms. The van der Waals surface area contributed by atoms with E-state index in [1.807, 2.05) is 59.9 Å². The Balaban J connectivity index is 1.25. The van der Waals surface area contributed by atoms with Crippen molar-refractivity contribution in [3.63, 3.8) is 0 Å². The van der Waals surface area contributed by atoms with E-state index >= 15 is 0 Å². The van der Waals surface area contributed by atoms with Gasteiger partial charge in [0.25, 0.3) is 0 Å². The molecule has 2 aliphatic rings. The number of benzene rings is 6. The molecule has 0 amide bonds. The normalized spacial score (nSPS) is 14.2. The third-order valence-electron chi connectivity index (χ3n) is 10.8. The maximum atomic E-state index is 5.19. The molecule has 258 valence electrons. The van der Waals surface area contributed by atoms with Crippen LogP contribution < -0.4 is 0 Å². The smallest absolute Gasteiger partial charge is 0.160 e. The van der Waals surface area contributed by atoms with E-state index in [2.05, 4.69) is 147 Å². The number of hydrogen-bond acceptors (Lipinski definition) is 4. The van der Waals surface area contributed by atoms with E-state index in [1.165, 1.54) is 63.7 Å². The summed E-state index contributed by atoms with van der Waals surface area (Å²) in [5, 5.41) is 2.53. The minimum atomic E-state index is -0.256. The third-order valence-corrected chi connectivity index (χ3v) is 13.4. The minimum Gasteiger partial charge on any atom is -0.308 e. The largest absolute Gasteiger partial charge is 0.308 e. The predicted molar refractivity (Wildman–Crippen MR) is 228 cm³/mol. The summed E-state index contributed by atoms with van der Waals surface area (Å²) in [6, 6.07) is 49.6. The van der Waals surface area contributed by atoms with Gasteiger partial charge in [-0.2, -0.15) is 0 Å². The Morgan fingerprint density at radius 1 is 0.611 bits per heavy atom. The van der Waals surface area contributed by atoms with Gasteiger partial charge in [0.2, 0.25) is 0 Å². The molecule has 3 heterocycles. The first-order valence-corrected chi connectivity index (χ1v) is 19.8. The van der Waals surface area contributed by atoms with Gasteiger partial charge in [0.05, 0.1) is 27.3 Å². The zero-order chi connectivity index (χ0) is 36.6. The van der Waals surface area contributed by atoms with Crippen LogP contribution in [0.5, 0.6) is 0 Å². The zero-order valence-electron chi connectivity index (χ0n) is 30.0. The lowest BCUT2D eigenvalue weighted by Gasteiger charge is -2.24. The van der Waals surface area contributed by atoms with E-state index in [1.54, 1.807) is 0 Å². The summed E-state index contributed by atoms with van der Waals surface area (Å²) in [6.45, 7) is 13.1. The van der Waals surface area contributed by atoms with Gasteiger partial charge in [-0.3, -0.25) is 0 Å². The van der Waals surface area contributed by atoms with Crippen LogP contribution in [0.3, 0.4) is 0 Å². The summed E-state index contributed by atoms with van der Waals surface area (Å²) < 4.78 is 2.49. The van der Waals surface area contributed by atoms with Gasteiger partial charge >= 0.3 is 0 Å². The van der Waals surface area contributed by atoms with Gasteiger partial charge in [-0.1, -0.05) is 160 Å². The second kappa shape index (κ2) is 12.6. The SMILES string of the molecule is C=CC1=C(C=C)C(C)(C)c2c1ccc1c2c2ccc3c(c2n1-c1cccc(-c2cc(-c4ccccc4)nc(-c4ccccc4)n2)c1)Sc1ccccc1S3. The van der Waals surface area contributed by atoms with Crippen LogP contribution in [-0.2, 0) is 5.41 Å². The molecule has 0 spiro atoms. The molecular formula is C49H35N3S2. The third kappa shape index (κ3) is 4.99. The Morgan fingerprint density at radius 2 is 1.28 bits per heavy atom. The Hall–Kier alpha value is -5.88. The van der Waals surface area contributed by atoms with Crippen LogP contribution in [0.25, 0.3) is 67.0 Å². The lowest BCUT2D eigenvalue weighted by Crippen LogP contribution is -2.16. The predicted octanol–water partition coefficient (Wildman–Crippen LogP) is 13.6. The standard InChI is InChI=1S/C49H35N3S2/c1-5-34-35-24-26-40-44(45(35)49(3,4)37(34)6-2)36-25-27-43-47(54-42-23-14-13-22-41(42)53-43)46(36)52(40)33-21-15-20-32(28-33)39-29-38(30-16-9-7-10-17-30)50-48(51-39)31-18-11-8-12-19-31/h5-29H,1-2H2,3-4H3. The van der Waals surface area contributed by atoms with Crippen LogP contribution in [0.4, 0.5) is 0 Å². The van der Waals surface area contributed by atoms with Crippen LogP contribution in [0.1, 0.15) is 25.0 Å². The van der Waals surface area contributed by atoms with Crippen molar-refractivity contribution in [2.45, 2.75) is 38.8 Å². The van der Waals surface area contributed by atoms with Crippen molar-refractivity contribution in [1.29, 1.82) is 0 Å². The van der Waals surface area contributed by atoms with Gasteiger partial charge in [-0.15, -0.1) is 0 Å². The number of hydrogen-bond donors (Lipinski definition) is 0. The summed E-state index contributed by atoms with van der Waals surface area (Å²) in [5.41, 5.74) is 13.0. The summed E-state index contributed by atoms with van der Waals surface area (Å²) in [6.07, 6.45) is 4.02. The maximum Gasteiger partial charge on any atom is 0.160 e. The summed E-state index contributed by atoms with van der Waals surface area (Å²) in [7, 11) is 0. The second-order valence-corrected chi connectivity index (χ2v) is 16.4. The fourth-order valence-electron chi connectivity index (χ4n) is 8.39. The average Bonchev–Trinajstić information content (AvgIpc) is 3.68. The van der Waals surface area contributed by atoms with Gasteiger partial charge < -0.3 is 4.57 Å². The Labute approximate surface area is 323 Å². The van der Waals surface area contributed by atoms with E-state index in [0.717, 1.165) is 33.8 Å². The summed E-state index contributed by atoms with van der Waals surface area (Å²) in [5.74, 6) is 0.705. The molecule has 1 aliphatic carbocycles. The number of fused-ring (bicyclic) bond motifs is 8. The molecule has 8 aromatic rings. The van der Waals surface area contributed by atoms with E-state index < -0.39 is 0 Å². The highest BCUT2D eigenvalue weighted by Gasteiger charge is 2.38. The first-order valence-electron chi connectivity index (χ1n) is 18.1. The van der Waals surface area contributed by atoms with Gasteiger partial charge in [0, 0.05) is 53.3 Å². The van der Waals surface area contributed by atoms with Crippen molar-refractivity contribution < 1.29 is 0 Å². The fourth-order valence-corrected chi connectivity index (χ4v) is 10.8. The minimum absolute atomic E-state index is 0.256. The number of nitrogens with zero attached hydrogens (tertiary/aromatic N) is 3. The number of aromatic nitrogens is 3. The van der Waals surface area contributed by atoms with Gasteiger partial charge in [0.15, 0.2) is 5.82 Å². The molecule has 0 fully saturated rings. The lowest BCUT2D eigenvalue weighted by molar-refractivity contribution is 0.661. The fraction of sp³-hybridized carbons (Fsp3) is 0.0612. The highest BCUT2D eigenvalue weighted by atomic mass is 32.2. The Bertz CT molecular complexity index is 2820. The van der Waals surface area contributed by atoms with Crippen molar-refractivity contribution >= 4 is 50.9 Å². The lowest BCUT2D eigenvalue weighted by atomic mass is 9.79. The summed E-state index contributed by atoms with van der Waals surface area (Å²) >= 11 is 3.73. The topological polar surface area (TPSA) is 30.7 Å². The molecule has 1 aliphatic heterocycles. The molecule has 10 rings (SSSR count). The Kier molecular flexibility index (Phi) is 7.65. The molecule has 0 saturated heterocycles. The van der Waals surface area contributed by atoms with Crippen molar-refractivity contribution in [1.82, 2.24) is 14.5 Å². The first-order chi connectivity index (χ1) is 26.4. The molecular weight excluding hydrogens is 695 g/mol. The molecule has 2 aromatic heterocycles. The monoisotopic (exact) mass is 729 g/mol. The zero-order valence-corrected chi connectivity index (χ0v) is 31.6. The molecule has 0 radical (unpaired) electrons. The van der Waals surface area contributed by atoms with Crippen molar-refractivity contribution in [3.8, 4) is 39.6 Å². The Morgan fingerprint density at radius 3 is 2.00 bits per heavy atom. The molecule has 54 heavy (non-hydrogen) atoms. The molecule has 0 unspecified atom stereocenters. The maximum absolute atomic E-state index is 5.19. The molecule has 0 saturated carbocycles. The van der Waals surface area contributed by atoms with E-state index in [0.29, 0.717) is 5.82 Å². The van der Waals surface area contributed by atoms with Gasteiger partial charge in [-0.25, -0.2) is 9.97 Å². The van der Waals surface area contributed by atoms with Crippen molar-refractivity contribution in [2.24, 2.45) is 0 Å². The second-order valence-electron chi connectivity index (χ2n) is 14.3. The average molecular weight is 730 g/mol. The van der Waals surface area contributed by atoms with E-state index in [9.17, 15) is 0 Å². The van der Waals surface area contributed by atoms with Crippen LogP contribution in [-0.4, -0.2) is 14.5 Å². The number of allylic oxidation sites excluding steroid dienone is 4. The van der Waals surface area contributed by atoms with Gasteiger partial charge in [-0.05, 0) is 64.7 Å². The van der Waals surface area contributed by atoms with Crippen LogP contribution in [0, 0.1) is 0 Å². The first kappa shape index (κ1) is 32.7. The highest BCUT2D eigenvalue weighted by molar-refractivity contribution is 8.05. The van der Waals surface area contributed by atoms with E-state index in [-0.39, 0.29) is 5.41 Å². The molecule has 0 atom stereocenters. The summed E-state index contributed by atoms with van der Waals surface area (Å²) in [4.78, 5) is 15.4.